The molecule has 0 fully saturated rings. The molecule has 98 valence electrons. The smallest absolute Gasteiger partial charge is 0.142 e. The normalized spacial score (nSPS) is 11.3. The number of rotatable bonds is 6. The minimum Gasteiger partial charge on any atom is -0.391 e. The van der Waals surface area contributed by atoms with Crippen LogP contribution in [0.25, 0.3) is 0 Å². The van der Waals surface area contributed by atoms with Crippen LogP contribution in [0.4, 0.5) is 0 Å². The van der Waals surface area contributed by atoms with Gasteiger partial charge in [-0.05, 0) is 17.5 Å². The number of hydrogen-bond donors (Lipinski definition) is 0. The van der Waals surface area contributed by atoms with E-state index >= 15 is 0 Å². The van der Waals surface area contributed by atoms with Crippen molar-refractivity contribution in [2.75, 3.05) is 0 Å². The maximum Gasteiger partial charge on any atom is 0.142 e. The molecule has 0 unspecified atom stereocenters. The zero-order chi connectivity index (χ0) is 13.3. The van der Waals surface area contributed by atoms with Crippen LogP contribution in [-0.4, -0.2) is 5.71 Å². The SMILES string of the molecule is CCCC(=NOCc1ccccc1)c1ccccc1. The van der Waals surface area contributed by atoms with Crippen molar-refractivity contribution in [2.45, 2.75) is 26.4 Å². The third-order valence-electron chi connectivity index (χ3n) is 2.84. The summed E-state index contributed by atoms with van der Waals surface area (Å²) in [5.74, 6) is 0. The standard InChI is InChI=1S/C17H19NO/c1-2-9-17(16-12-7-4-8-13-16)18-19-14-15-10-5-3-6-11-15/h3-8,10-13H,2,9,14H2,1H3. The Balaban J connectivity index is 2.01. The van der Waals surface area contributed by atoms with Gasteiger partial charge in [-0.1, -0.05) is 79.2 Å². The van der Waals surface area contributed by atoms with Crippen LogP contribution in [0, 0.1) is 0 Å². The van der Waals surface area contributed by atoms with E-state index in [4.69, 9.17) is 4.84 Å². The molecule has 0 bridgehead atoms. The van der Waals surface area contributed by atoms with Crippen LogP contribution in [0.5, 0.6) is 0 Å². The number of oxime groups is 1. The molecule has 0 heterocycles. The molecule has 2 aromatic carbocycles. The summed E-state index contributed by atoms with van der Waals surface area (Å²) in [4.78, 5) is 5.48. The molecule has 2 heteroatoms. The lowest BCUT2D eigenvalue weighted by Gasteiger charge is -2.06. The first kappa shape index (κ1) is 13.3. The van der Waals surface area contributed by atoms with Crippen molar-refractivity contribution in [2.24, 2.45) is 5.16 Å². The number of benzene rings is 2. The van der Waals surface area contributed by atoms with Crippen LogP contribution in [0.3, 0.4) is 0 Å². The Labute approximate surface area is 114 Å². The molecule has 19 heavy (non-hydrogen) atoms. The van der Waals surface area contributed by atoms with Gasteiger partial charge >= 0.3 is 0 Å². The Hall–Kier alpha value is -2.09. The number of hydrogen-bond acceptors (Lipinski definition) is 2. The second-order valence-corrected chi connectivity index (χ2v) is 4.41. The Morgan fingerprint density at radius 1 is 0.947 bits per heavy atom. The molecule has 0 saturated carbocycles. The van der Waals surface area contributed by atoms with Crippen molar-refractivity contribution in [3.8, 4) is 0 Å². The van der Waals surface area contributed by atoms with Gasteiger partial charge < -0.3 is 4.84 Å². The first-order valence-corrected chi connectivity index (χ1v) is 6.68. The summed E-state index contributed by atoms with van der Waals surface area (Å²) in [5.41, 5.74) is 3.28. The van der Waals surface area contributed by atoms with E-state index in [0.29, 0.717) is 6.61 Å². The van der Waals surface area contributed by atoms with Crippen molar-refractivity contribution in [1.82, 2.24) is 0 Å². The van der Waals surface area contributed by atoms with Crippen molar-refractivity contribution >= 4 is 5.71 Å². The Morgan fingerprint density at radius 3 is 2.21 bits per heavy atom. The highest BCUT2D eigenvalue weighted by Gasteiger charge is 2.02. The van der Waals surface area contributed by atoms with E-state index in [-0.39, 0.29) is 0 Å². The highest BCUT2D eigenvalue weighted by atomic mass is 16.6. The first-order valence-electron chi connectivity index (χ1n) is 6.68. The average molecular weight is 253 g/mol. The van der Waals surface area contributed by atoms with Crippen LogP contribution in [0.15, 0.2) is 65.8 Å². The lowest BCUT2D eigenvalue weighted by Crippen LogP contribution is -2.01. The molecule has 0 aromatic heterocycles. The Kier molecular flexibility index (Phi) is 5.17. The lowest BCUT2D eigenvalue weighted by atomic mass is 10.1. The molecule has 0 aliphatic carbocycles. The zero-order valence-corrected chi connectivity index (χ0v) is 11.3. The molecule has 2 nitrogen and oxygen atoms in total. The van der Waals surface area contributed by atoms with Crippen LogP contribution >= 0.6 is 0 Å². The van der Waals surface area contributed by atoms with Crippen molar-refractivity contribution in [3.63, 3.8) is 0 Å². The summed E-state index contributed by atoms with van der Waals surface area (Å²) < 4.78 is 0. The van der Waals surface area contributed by atoms with E-state index in [0.717, 1.165) is 29.7 Å². The van der Waals surface area contributed by atoms with E-state index in [2.05, 4.69) is 24.2 Å². The van der Waals surface area contributed by atoms with Crippen molar-refractivity contribution in [1.29, 1.82) is 0 Å². The predicted molar refractivity (Wildman–Crippen MR) is 79.1 cm³/mol. The van der Waals surface area contributed by atoms with Crippen molar-refractivity contribution in [3.05, 3.63) is 71.8 Å². The van der Waals surface area contributed by atoms with Crippen LogP contribution in [0.2, 0.25) is 0 Å². The molecular formula is C17H19NO. The topological polar surface area (TPSA) is 21.6 Å². The van der Waals surface area contributed by atoms with Gasteiger partial charge in [-0.3, -0.25) is 0 Å². The number of nitrogens with zero attached hydrogens (tertiary/aromatic N) is 1. The molecule has 0 amide bonds. The molecule has 0 radical (unpaired) electrons. The van der Waals surface area contributed by atoms with E-state index < -0.39 is 0 Å². The molecule has 2 rings (SSSR count). The summed E-state index contributed by atoms with van der Waals surface area (Å²) in [6.45, 7) is 2.66. The average Bonchev–Trinajstić information content (AvgIpc) is 2.48. The van der Waals surface area contributed by atoms with E-state index in [1.54, 1.807) is 0 Å². The second kappa shape index (κ2) is 7.37. The summed E-state index contributed by atoms with van der Waals surface area (Å²) in [5, 5.41) is 4.30. The molecule has 0 N–H and O–H groups in total. The Morgan fingerprint density at radius 2 is 1.58 bits per heavy atom. The minimum atomic E-state index is 0.515. The maximum absolute atomic E-state index is 5.48. The van der Waals surface area contributed by atoms with Gasteiger partial charge in [0.05, 0.1) is 5.71 Å². The highest BCUT2D eigenvalue weighted by Crippen LogP contribution is 2.08. The third-order valence-corrected chi connectivity index (χ3v) is 2.84. The zero-order valence-electron chi connectivity index (χ0n) is 11.3. The van der Waals surface area contributed by atoms with Gasteiger partial charge in [-0.25, -0.2) is 0 Å². The molecule has 0 atom stereocenters. The van der Waals surface area contributed by atoms with Crippen molar-refractivity contribution < 1.29 is 4.84 Å². The van der Waals surface area contributed by atoms with Gasteiger partial charge in [-0.15, -0.1) is 0 Å². The fourth-order valence-corrected chi connectivity index (χ4v) is 1.87. The molecule has 0 aliphatic rings. The van der Waals surface area contributed by atoms with Gasteiger partial charge in [0.15, 0.2) is 0 Å². The second-order valence-electron chi connectivity index (χ2n) is 4.41. The monoisotopic (exact) mass is 253 g/mol. The van der Waals surface area contributed by atoms with Crippen LogP contribution in [-0.2, 0) is 11.4 Å². The fourth-order valence-electron chi connectivity index (χ4n) is 1.87. The fraction of sp³-hybridized carbons (Fsp3) is 0.235. The molecule has 0 saturated heterocycles. The van der Waals surface area contributed by atoms with Crippen LogP contribution in [0.1, 0.15) is 30.9 Å². The van der Waals surface area contributed by atoms with E-state index in [9.17, 15) is 0 Å². The summed E-state index contributed by atoms with van der Waals surface area (Å²) >= 11 is 0. The quantitative estimate of drug-likeness (QED) is 0.552. The van der Waals surface area contributed by atoms with Gasteiger partial charge in [0.2, 0.25) is 0 Å². The van der Waals surface area contributed by atoms with Gasteiger partial charge in [0.25, 0.3) is 0 Å². The van der Waals surface area contributed by atoms with E-state index in [1.807, 2.05) is 48.5 Å². The van der Waals surface area contributed by atoms with Crippen LogP contribution < -0.4 is 0 Å². The van der Waals surface area contributed by atoms with Gasteiger partial charge in [-0.2, -0.15) is 0 Å². The minimum absolute atomic E-state index is 0.515. The van der Waals surface area contributed by atoms with E-state index in [1.165, 1.54) is 0 Å². The summed E-state index contributed by atoms with van der Waals surface area (Å²) in [6.07, 6.45) is 1.99. The Bertz CT molecular complexity index is 505. The first-order chi connectivity index (χ1) is 9.40. The predicted octanol–water partition coefficient (Wildman–Crippen LogP) is 4.41. The molecule has 2 aromatic rings. The third kappa shape index (κ3) is 4.25. The molecule has 0 aliphatic heterocycles. The van der Waals surface area contributed by atoms with Gasteiger partial charge in [0, 0.05) is 0 Å². The summed E-state index contributed by atoms with van der Waals surface area (Å²) in [7, 11) is 0. The molecule has 0 spiro atoms. The lowest BCUT2D eigenvalue weighted by molar-refractivity contribution is 0.130. The maximum atomic E-state index is 5.48. The largest absolute Gasteiger partial charge is 0.391 e. The highest BCUT2D eigenvalue weighted by molar-refractivity contribution is 6.00. The summed E-state index contributed by atoms with van der Waals surface area (Å²) in [6, 6.07) is 20.3. The van der Waals surface area contributed by atoms with Gasteiger partial charge in [0.1, 0.15) is 6.61 Å². The molecular weight excluding hydrogens is 234 g/mol.